The quantitative estimate of drug-likeness (QED) is 0.892. The van der Waals surface area contributed by atoms with E-state index in [2.05, 4.69) is 22.1 Å². The molecule has 1 aliphatic heterocycles. The van der Waals surface area contributed by atoms with Gasteiger partial charge in [-0.25, -0.2) is 4.98 Å². The van der Waals surface area contributed by atoms with Crippen molar-refractivity contribution in [2.24, 2.45) is 0 Å². The van der Waals surface area contributed by atoms with Crippen LogP contribution < -0.4 is 10.2 Å². The molecule has 4 nitrogen and oxygen atoms in total. The van der Waals surface area contributed by atoms with Crippen molar-refractivity contribution in [2.45, 2.75) is 19.5 Å². The average Bonchev–Trinajstić information content (AvgIpc) is 2.33. The molecule has 1 aromatic heterocycles. The Bertz CT molecular complexity index is 386. The van der Waals surface area contributed by atoms with Gasteiger partial charge in [0.05, 0.1) is 30.0 Å². The zero-order chi connectivity index (χ0) is 12.3. The number of hydrogen-bond donors (Lipinski definition) is 1. The Balaban J connectivity index is 2.22. The van der Waals surface area contributed by atoms with Crippen LogP contribution in [0.3, 0.4) is 0 Å². The molecule has 17 heavy (non-hydrogen) atoms. The number of rotatable bonds is 3. The van der Waals surface area contributed by atoms with Crippen molar-refractivity contribution in [2.75, 3.05) is 31.7 Å². The molecule has 0 bridgehead atoms. The van der Waals surface area contributed by atoms with Crippen molar-refractivity contribution in [1.82, 2.24) is 10.3 Å². The van der Waals surface area contributed by atoms with E-state index in [4.69, 9.17) is 16.3 Å². The minimum absolute atomic E-state index is 0.361. The molecule has 2 rings (SSSR count). The van der Waals surface area contributed by atoms with Gasteiger partial charge in [0.1, 0.15) is 5.82 Å². The molecule has 0 amide bonds. The van der Waals surface area contributed by atoms with Crippen molar-refractivity contribution in [1.29, 1.82) is 0 Å². The average molecular weight is 256 g/mol. The summed E-state index contributed by atoms with van der Waals surface area (Å²) in [5, 5.41) is 3.79. The van der Waals surface area contributed by atoms with Crippen LogP contribution in [0.15, 0.2) is 12.1 Å². The second-order valence-corrected chi connectivity index (χ2v) is 4.65. The Morgan fingerprint density at radius 2 is 2.41 bits per heavy atom. The van der Waals surface area contributed by atoms with Gasteiger partial charge in [-0.1, -0.05) is 11.6 Å². The van der Waals surface area contributed by atoms with Crippen molar-refractivity contribution in [3.63, 3.8) is 0 Å². The first-order valence-corrected chi connectivity index (χ1v) is 6.24. The molecule has 0 radical (unpaired) electrons. The maximum absolute atomic E-state index is 6.10. The minimum atomic E-state index is 0.361. The number of morpholine rings is 1. The monoisotopic (exact) mass is 255 g/mol. The highest BCUT2D eigenvalue weighted by Gasteiger charge is 2.20. The van der Waals surface area contributed by atoms with Crippen LogP contribution in [0.4, 0.5) is 5.82 Å². The van der Waals surface area contributed by atoms with Crippen molar-refractivity contribution >= 4 is 17.4 Å². The van der Waals surface area contributed by atoms with Crippen LogP contribution in [-0.2, 0) is 11.3 Å². The zero-order valence-electron chi connectivity index (χ0n) is 10.2. The highest BCUT2D eigenvalue weighted by atomic mass is 35.5. The first-order chi connectivity index (χ1) is 8.22. The SMILES string of the molecule is CNCc1nc(N2CCOCC2C)ccc1Cl. The predicted octanol–water partition coefficient (Wildman–Crippen LogP) is 1.68. The van der Waals surface area contributed by atoms with Gasteiger partial charge in [0.2, 0.25) is 0 Å². The molecule has 0 saturated carbocycles. The fourth-order valence-corrected chi connectivity index (χ4v) is 2.16. The van der Waals surface area contributed by atoms with E-state index in [1.165, 1.54) is 0 Å². The van der Waals surface area contributed by atoms with Gasteiger partial charge in [0.25, 0.3) is 0 Å². The number of pyridine rings is 1. The summed E-state index contributed by atoms with van der Waals surface area (Å²) in [4.78, 5) is 6.87. The smallest absolute Gasteiger partial charge is 0.129 e. The van der Waals surface area contributed by atoms with Crippen LogP contribution in [0.25, 0.3) is 0 Å². The highest BCUT2D eigenvalue weighted by Crippen LogP contribution is 2.22. The summed E-state index contributed by atoms with van der Waals surface area (Å²) < 4.78 is 5.43. The molecule has 1 aliphatic rings. The molecule has 1 aromatic rings. The number of nitrogens with one attached hydrogen (secondary N) is 1. The lowest BCUT2D eigenvalue weighted by Crippen LogP contribution is -2.44. The largest absolute Gasteiger partial charge is 0.377 e. The lowest BCUT2D eigenvalue weighted by atomic mass is 10.2. The molecular formula is C12H18ClN3O. The number of nitrogens with zero attached hydrogens (tertiary/aromatic N) is 2. The summed E-state index contributed by atoms with van der Waals surface area (Å²) in [7, 11) is 1.89. The molecule has 1 atom stereocenters. The normalized spacial score (nSPS) is 20.6. The zero-order valence-corrected chi connectivity index (χ0v) is 11.0. The van der Waals surface area contributed by atoms with Crippen molar-refractivity contribution in [3.8, 4) is 0 Å². The molecule has 5 heteroatoms. The third-order valence-electron chi connectivity index (χ3n) is 2.91. The lowest BCUT2D eigenvalue weighted by Gasteiger charge is -2.34. The fraction of sp³-hybridized carbons (Fsp3) is 0.583. The Kier molecular flexibility index (Phi) is 4.20. The predicted molar refractivity (Wildman–Crippen MR) is 69.6 cm³/mol. The van der Waals surface area contributed by atoms with E-state index < -0.39 is 0 Å². The van der Waals surface area contributed by atoms with E-state index in [1.54, 1.807) is 0 Å². The minimum Gasteiger partial charge on any atom is -0.377 e. The van der Waals surface area contributed by atoms with Crippen LogP contribution in [0.1, 0.15) is 12.6 Å². The standard InChI is InChI=1S/C12H18ClN3O/c1-9-8-17-6-5-16(9)12-4-3-10(13)11(15-12)7-14-2/h3-4,9,14H,5-8H2,1-2H3. The maximum Gasteiger partial charge on any atom is 0.129 e. The van der Waals surface area contributed by atoms with E-state index in [0.29, 0.717) is 17.6 Å². The van der Waals surface area contributed by atoms with Crippen molar-refractivity contribution < 1.29 is 4.74 Å². The topological polar surface area (TPSA) is 37.4 Å². The lowest BCUT2D eigenvalue weighted by molar-refractivity contribution is 0.0985. The van der Waals surface area contributed by atoms with Gasteiger partial charge in [-0.2, -0.15) is 0 Å². The first-order valence-electron chi connectivity index (χ1n) is 5.86. The van der Waals surface area contributed by atoms with E-state index in [0.717, 1.165) is 31.3 Å². The van der Waals surface area contributed by atoms with Crippen LogP contribution in [-0.4, -0.2) is 37.8 Å². The van der Waals surface area contributed by atoms with Crippen LogP contribution in [0.5, 0.6) is 0 Å². The van der Waals surface area contributed by atoms with E-state index in [-0.39, 0.29) is 0 Å². The van der Waals surface area contributed by atoms with Gasteiger partial charge in [0.15, 0.2) is 0 Å². The van der Waals surface area contributed by atoms with Crippen LogP contribution >= 0.6 is 11.6 Å². The number of ether oxygens (including phenoxy) is 1. The number of hydrogen-bond acceptors (Lipinski definition) is 4. The van der Waals surface area contributed by atoms with Crippen LogP contribution in [0.2, 0.25) is 5.02 Å². The molecular weight excluding hydrogens is 238 g/mol. The van der Waals surface area contributed by atoms with Gasteiger partial charge >= 0.3 is 0 Å². The Hall–Kier alpha value is -0.840. The summed E-state index contributed by atoms with van der Waals surface area (Å²) in [6, 6.07) is 4.25. The van der Waals surface area contributed by atoms with Gasteiger partial charge < -0.3 is 15.0 Å². The van der Waals surface area contributed by atoms with E-state index >= 15 is 0 Å². The van der Waals surface area contributed by atoms with Crippen molar-refractivity contribution in [3.05, 3.63) is 22.8 Å². The Morgan fingerprint density at radius 3 is 3.12 bits per heavy atom. The maximum atomic E-state index is 6.10. The molecule has 0 aromatic carbocycles. The summed E-state index contributed by atoms with van der Waals surface area (Å²) in [5.74, 6) is 0.982. The fourth-order valence-electron chi connectivity index (χ4n) is 1.99. The summed E-state index contributed by atoms with van der Waals surface area (Å²) in [6.45, 7) is 5.23. The molecule has 1 saturated heterocycles. The van der Waals surface area contributed by atoms with E-state index in [9.17, 15) is 0 Å². The second kappa shape index (κ2) is 5.67. The van der Waals surface area contributed by atoms with Gasteiger partial charge in [-0.05, 0) is 26.1 Å². The second-order valence-electron chi connectivity index (χ2n) is 4.25. The highest BCUT2D eigenvalue weighted by molar-refractivity contribution is 6.31. The molecule has 0 spiro atoms. The molecule has 2 heterocycles. The van der Waals surface area contributed by atoms with Gasteiger partial charge in [-0.15, -0.1) is 0 Å². The molecule has 1 N–H and O–H groups in total. The Labute approximate surface area is 107 Å². The third kappa shape index (κ3) is 2.89. The van der Waals surface area contributed by atoms with Gasteiger partial charge in [-0.3, -0.25) is 0 Å². The molecule has 1 fully saturated rings. The molecule has 0 aliphatic carbocycles. The first kappa shape index (κ1) is 12.6. The summed E-state index contributed by atoms with van der Waals surface area (Å²) in [6.07, 6.45) is 0. The van der Waals surface area contributed by atoms with E-state index in [1.807, 2.05) is 19.2 Å². The van der Waals surface area contributed by atoms with Gasteiger partial charge in [0, 0.05) is 13.1 Å². The number of aromatic nitrogens is 1. The molecule has 1 unspecified atom stereocenters. The number of halogens is 1. The number of anilines is 1. The summed E-state index contributed by atoms with van der Waals surface area (Å²) >= 11 is 6.10. The van der Waals surface area contributed by atoms with Crippen LogP contribution in [0, 0.1) is 0 Å². The molecule has 94 valence electrons. The Morgan fingerprint density at radius 1 is 1.59 bits per heavy atom. The third-order valence-corrected chi connectivity index (χ3v) is 3.25. The summed E-state index contributed by atoms with van der Waals surface area (Å²) in [5.41, 5.74) is 0.894.